The van der Waals surface area contributed by atoms with Crippen LogP contribution in [-0.2, 0) is 42.9 Å². The van der Waals surface area contributed by atoms with Gasteiger partial charge in [0.2, 0.25) is 5.91 Å². The lowest BCUT2D eigenvalue weighted by Gasteiger charge is -2.29. The Kier molecular flexibility index (Phi) is 29.5. The topological polar surface area (TPSA) is 289 Å². The quantitative estimate of drug-likeness (QED) is 0.0531. The molecule has 716 valence electrons. The number of fused-ring (bicyclic) bond motifs is 6. The highest BCUT2D eigenvalue weighted by molar-refractivity contribution is 7.23. The van der Waals surface area contributed by atoms with Crippen molar-refractivity contribution in [2.24, 2.45) is 5.92 Å². The first-order chi connectivity index (χ1) is 67.4. The molecule has 4 N–H and O–H groups in total. The second-order valence-electron chi connectivity index (χ2n) is 38.0. The van der Waals surface area contributed by atoms with E-state index in [0.717, 1.165) is 221 Å². The molecular formula is C114H106Cl3N11O10S3. The highest BCUT2D eigenvalue weighted by Crippen LogP contribution is 2.50. The SMILES string of the molecule is CCOC(=O)[C@@H](OC(C)(C)C)c1c(C)cc2nc(-c3ccnc(-c4ccc5nc(C)ccc5c4)c3)sc2c1-c1ccc(Cl)cc1.CCOC(=O)[C@@H](OC(C)(C)C)c1c(C)cc2nc(-c3ccnc(-c4ccc5nc(NC(=O)C6CCCCC6)ccc5c4)c3)sc2c1-c1ccc(Cl)cc1.Cc1cc2nc(-c3ccnc(-c4ccc5nc(N)ccc5c4)c3)sc2c(-c2ccc(Cl)cc2)c1[C@H](OC(C)(C)C)C(=O)O. The number of nitrogen functional groups attached to an aromatic ring is 1. The first-order valence-electron chi connectivity index (χ1n) is 46.8. The van der Waals surface area contributed by atoms with Crippen LogP contribution >= 0.6 is 68.8 Å². The van der Waals surface area contributed by atoms with E-state index >= 15 is 0 Å². The van der Waals surface area contributed by atoms with E-state index in [9.17, 15) is 24.3 Å². The van der Waals surface area contributed by atoms with Crippen LogP contribution in [0.1, 0.15) is 166 Å². The predicted molar refractivity (Wildman–Crippen MR) is 572 cm³/mol. The van der Waals surface area contributed by atoms with Crippen LogP contribution < -0.4 is 11.1 Å². The summed E-state index contributed by atoms with van der Waals surface area (Å²) in [5.41, 5.74) is 28.0. The number of rotatable bonds is 22. The molecule has 9 aromatic carbocycles. The van der Waals surface area contributed by atoms with Gasteiger partial charge in [0.25, 0.3) is 0 Å². The molecule has 1 saturated carbocycles. The van der Waals surface area contributed by atoms with E-state index in [1.807, 2.05) is 266 Å². The number of halogens is 3. The van der Waals surface area contributed by atoms with Gasteiger partial charge in [0, 0.05) is 128 Å². The second-order valence-corrected chi connectivity index (χ2v) is 42.3. The monoisotopic (exact) mass is 1990 g/mol. The zero-order valence-electron chi connectivity index (χ0n) is 80.9. The van der Waals surface area contributed by atoms with Crippen molar-refractivity contribution in [1.82, 2.24) is 44.9 Å². The van der Waals surface area contributed by atoms with Crippen molar-refractivity contribution in [3.63, 3.8) is 0 Å². The van der Waals surface area contributed by atoms with Crippen LogP contribution in [0.3, 0.4) is 0 Å². The fourth-order valence-electron chi connectivity index (χ4n) is 17.7. The molecule has 0 unspecified atom stereocenters. The van der Waals surface area contributed by atoms with E-state index in [1.165, 1.54) is 17.8 Å². The summed E-state index contributed by atoms with van der Waals surface area (Å²) in [5, 5.41) is 20.7. The van der Waals surface area contributed by atoms with Crippen LogP contribution in [0.15, 0.2) is 237 Å². The number of carbonyl (C=O) groups is 4. The molecule has 19 rings (SSSR count). The lowest BCUT2D eigenvalue weighted by atomic mass is 9.89. The lowest BCUT2D eigenvalue weighted by Crippen LogP contribution is -2.29. The van der Waals surface area contributed by atoms with Gasteiger partial charge in [-0.1, -0.05) is 115 Å². The molecule has 27 heteroatoms. The van der Waals surface area contributed by atoms with E-state index in [0.29, 0.717) is 32.3 Å². The number of ether oxygens (including phenoxy) is 5. The molecule has 0 spiro atoms. The number of hydrogen-bond donors (Lipinski definition) is 3. The molecule has 1 aliphatic rings. The van der Waals surface area contributed by atoms with Crippen molar-refractivity contribution in [1.29, 1.82) is 0 Å². The molecule has 0 saturated heterocycles. The number of carbonyl (C=O) groups excluding carboxylic acids is 3. The third-order valence-corrected chi connectivity index (χ3v) is 28.1. The number of carboxylic acid groups (broad SMARTS) is 1. The average Bonchev–Trinajstić information content (AvgIpc) is 1.58. The van der Waals surface area contributed by atoms with Crippen molar-refractivity contribution >= 4 is 168 Å². The van der Waals surface area contributed by atoms with E-state index in [4.69, 9.17) is 89.1 Å². The lowest BCUT2D eigenvalue weighted by molar-refractivity contribution is -0.167. The fraction of sp³-hybridized carbons (Fsp3) is 0.254. The summed E-state index contributed by atoms with van der Waals surface area (Å²) in [6, 6.07) is 70.6. The van der Waals surface area contributed by atoms with E-state index in [1.54, 1.807) is 67.1 Å². The van der Waals surface area contributed by atoms with Crippen LogP contribution in [0.2, 0.25) is 15.1 Å². The average molecular weight is 1990 g/mol. The molecule has 3 atom stereocenters. The number of aliphatic carboxylic acids is 1. The Bertz CT molecular complexity index is 7820. The van der Waals surface area contributed by atoms with Crippen molar-refractivity contribution in [3.8, 4) is 98.9 Å². The third-order valence-electron chi connectivity index (χ3n) is 24.0. The Morgan fingerprint density at radius 2 is 0.730 bits per heavy atom. The predicted octanol–water partition coefficient (Wildman–Crippen LogP) is 29.8. The summed E-state index contributed by atoms with van der Waals surface area (Å²) in [6.07, 6.45) is 7.65. The zero-order valence-corrected chi connectivity index (χ0v) is 85.6. The highest BCUT2D eigenvalue weighted by atomic mass is 35.5. The Labute approximate surface area is 845 Å². The van der Waals surface area contributed by atoms with Crippen molar-refractivity contribution in [3.05, 3.63) is 291 Å². The van der Waals surface area contributed by atoms with E-state index in [-0.39, 0.29) is 25.0 Å². The molecular weight excluding hydrogens is 1890 g/mol. The number of hydrogen-bond acceptors (Lipinski definition) is 22. The van der Waals surface area contributed by atoms with Gasteiger partial charge in [0.1, 0.15) is 26.7 Å². The number of amides is 1. The smallest absolute Gasteiger partial charge is 0.339 e. The standard InChI is InChI=1S/C43H43ClN4O4S.C37H34ClN3O3S.C34H29ClN4O3S/c1-6-51-42(50)38(52-43(3,4)5)36-25(2)22-34-39(37(36)26-12-16-31(44)17-13-26)53-41(47-34)30-20-21-45-33(24-30)29-14-18-32-28(23-29)15-19-35(46-32)48-40(49)27-10-8-7-9-11-27;1-7-43-36(42)33(44-37(4,5)6)31-21(2)18-30-34(32(31)23-10-13-27(38)14-11-23)45-35(41-30)26-16-17-39-29(20-26)25-12-15-28-24(19-25)9-8-22(3)40-28;1-18-15-26-31(29(19-5-9-23(35)10-6-19)28(18)30(33(40)41)42-34(2,3)4)43-32(39-26)22-13-14-37-25(17-22)21-7-11-24-20(16-21)8-12-27(36)38-24/h12-24,27,38H,6-11H2,1-5H3,(H,46,48,49);8-20,33H,7H2,1-6H3;5-17,30H,1-4H3,(H2,36,38)(H,40,41)/t38-;33-;30-/m000/s1. The Balaban J connectivity index is 0.000000147. The minimum Gasteiger partial charge on any atom is -0.479 e. The van der Waals surface area contributed by atoms with Crippen LogP contribution in [0, 0.1) is 33.6 Å². The summed E-state index contributed by atoms with van der Waals surface area (Å²) in [5.74, 6) is -0.725. The number of anilines is 2. The molecule has 21 nitrogen and oxygen atoms in total. The maximum atomic E-state index is 13.5. The maximum absolute atomic E-state index is 13.5. The summed E-state index contributed by atoms with van der Waals surface area (Å²) in [6.45, 7) is 29.1. The molecule has 18 aromatic rings. The number of aromatic nitrogens is 9. The number of carboxylic acids is 1. The molecule has 1 fully saturated rings. The van der Waals surface area contributed by atoms with Crippen LogP contribution in [-0.4, -0.2) is 104 Å². The first-order valence-corrected chi connectivity index (χ1v) is 50.4. The van der Waals surface area contributed by atoms with Gasteiger partial charge < -0.3 is 39.8 Å². The van der Waals surface area contributed by atoms with Crippen LogP contribution in [0.5, 0.6) is 0 Å². The van der Waals surface area contributed by atoms with Crippen molar-refractivity contribution in [2.45, 2.75) is 171 Å². The van der Waals surface area contributed by atoms with Gasteiger partial charge >= 0.3 is 17.9 Å². The molecule has 0 radical (unpaired) electrons. The summed E-state index contributed by atoms with van der Waals surface area (Å²) < 4.78 is 32.8. The summed E-state index contributed by atoms with van der Waals surface area (Å²) in [7, 11) is 0. The van der Waals surface area contributed by atoms with Crippen molar-refractivity contribution in [2.75, 3.05) is 24.3 Å². The minimum atomic E-state index is -1.18. The van der Waals surface area contributed by atoms with E-state index in [2.05, 4.69) is 55.6 Å². The number of pyridine rings is 6. The number of nitrogens with zero attached hydrogens (tertiary/aromatic N) is 9. The Morgan fingerprint density at radius 3 is 1.10 bits per heavy atom. The number of nitrogens with one attached hydrogen (secondary N) is 1. The zero-order chi connectivity index (χ0) is 99.6. The Morgan fingerprint density at radius 1 is 0.390 bits per heavy atom. The molecule has 0 bridgehead atoms. The van der Waals surface area contributed by atoms with Gasteiger partial charge in [0.05, 0.1) is 94.3 Å². The second kappa shape index (κ2) is 41.9. The number of thiazole rings is 3. The van der Waals surface area contributed by atoms with Gasteiger partial charge in [-0.05, 0) is 308 Å². The molecule has 9 heterocycles. The van der Waals surface area contributed by atoms with Crippen LogP contribution in [0.4, 0.5) is 11.6 Å². The first kappa shape index (κ1) is 99.3. The van der Waals surface area contributed by atoms with Gasteiger partial charge in [-0.25, -0.2) is 39.3 Å². The van der Waals surface area contributed by atoms with E-state index < -0.39 is 53.0 Å². The van der Waals surface area contributed by atoms with Gasteiger partial charge in [-0.2, -0.15) is 0 Å². The molecule has 1 aliphatic carbocycles. The van der Waals surface area contributed by atoms with Gasteiger partial charge in [0.15, 0.2) is 18.3 Å². The Hall–Kier alpha value is -13.2. The highest BCUT2D eigenvalue weighted by Gasteiger charge is 2.38. The number of esters is 2. The number of nitrogens with two attached hydrogens (primary N) is 1. The largest absolute Gasteiger partial charge is 0.479 e. The summed E-state index contributed by atoms with van der Waals surface area (Å²) in [4.78, 5) is 95.5. The molecule has 0 aliphatic heterocycles. The van der Waals surface area contributed by atoms with Gasteiger partial charge in [-0.3, -0.25) is 24.7 Å². The van der Waals surface area contributed by atoms with Crippen LogP contribution in [0.25, 0.3) is 162 Å². The third kappa shape index (κ3) is 22.9. The minimum absolute atomic E-state index is 0.0627. The molecule has 9 aromatic heterocycles. The van der Waals surface area contributed by atoms with Crippen molar-refractivity contribution < 1.29 is 48.0 Å². The maximum Gasteiger partial charge on any atom is 0.339 e. The normalized spacial score (nSPS) is 13.2. The fourth-order valence-corrected chi connectivity index (χ4v) is 21.4. The number of aryl methyl sites for hydroxylation is 4. The van der Waals surface area contributed by atoms with Gasteiger partial charge in [-0.15, -0.1) is 34.0 Å². The molecule has 1 amide bonds. The number of benzene rings is 9. The summed E-state index contributed by atoms with van der Waals surface area (Å²) >= 11 is 23.5. The molecule has 141 heavy (non-hydrogen) atoms.